The standard InChI is InChI=1S/C20H23N3O4/c1-13(2)19-21-10-17-20(24)22(3)18(11-23(17)19)27-15-6-4-14(5-7-15)26-16-8-9-25-12-16/h4-7,10-11,13,16H,8-9,12H2,1-3H3/t16-/m0/s1. The maximum absolute atomic E-state index is 12.6. The molecule has 7 heteroatoms. The number of imidazole rings is 1. The second-order valence-corrected chi connectivity index (χ2v) is 7.03. The molecule has 1 atom stereocenters. The van der Waals surface area contributed by atoms with Crippen LogP contribution in [0.3, 0.4) is 0 Å². The zero-order valence-electron chi connectivity index (χ0n) is 15.7. The van der Waals surface area contributed by atoms with Crippen LogP contribution in [0.4, 0.5) is 0 Å². The van der Waals surface area contributed by atoms with E-state index < -0.39 is 0 Å². The smallest absolute Gasteiger partial charge is 0.279 e. The van der Waals surface area contributed by atoms with Crippen molar-refractivity contribution in [2.24, 2.45) is 7.05 Å². The molecule has 0 radical (unpaired) electrons. The molecular formula is C20H23N3O4. The Morgan fingerprint density at radius 3 is 2.63 bits per heavy atom. The van der Waals surface area contributed by atoms with Gasteiger partial charge in [0, 0.05) is 19.4 Å². The van der Waals surface area contributed by atoms with Gasteiger partial charge in [-0.2, -0.15) is 0 Å². The van der Waals surface area contributed by atoms with Gasteiger partial charge < -0.3 is 14.2 Å². The fourth-order valence-electron chi connectivity index (χ4n) is 3.17. The monoisotopic (exact) mass is 369 g/mol. The molecule has 1 aromatic carbocycles. The summed E-state index contributed by atoms with van der Waals surface area (Å²) in [4.78, 5) is 17.0. The minimum atomic E-state index is -0.145. The fraction of sp³-hybridized carbons (Fsp3) is 0.400. The predicted molar refractivity (Wildman–Crippen MR) is 101 cm³/mol. The first-order chi connectivity index (χ1) is 13.0. The summed E-state index contributed by atoms with van der Waals surface area (Å²) in [6.45, 7) is 5.46. The average molecular weight is 369 g/mol. The lowest BCUT2D eigenvalue weighted by atomic mass is 10.2. The molecule has 1 saturated heterocycles. The van der Waals surface area contributed by atoms with Gasteiger partial charge in [-0.1, -0.05) is 13.8 Å². The Balaban J connectivity index is 1.60. The van der Waals surface area contributed by atoms with Crippen LogP contribution >= 0.6 is 0 Å². The molecule has 7 nitrogen and oxygen atoms in total. The maximum atomic E-state index is 12.6. The van der Waals surface area contributed by atoms with E-state index in [2.05, 4.69) is 4.98 Å². The van der Waals surface area contributed by atoms with E-state index in [9.17, 15) is 4.79 Å². The Labute approximate surface area is 157 Å². The van der Waals surface area contributed by atoms with Gasteiger partial charge in [-0.25, -0.2) is 4.98 Å². The molecule has 4 rings (SSSR count). The molecular weight excluding hydrogens is 346 g/mol. The number of benzene rings is 1. The van der Waals surface area contributed by atoms with Crippen LogP contribution in [0.1, 0.15) is 32.0 Å². The van der Waals surface area contributed by atoms with Crippen molar-refractivity contribution in [3.8, 4) is 17.4 Å². The highest BCUT2D eigenvalue weighted by molar-refractivity contribution is 5.46. The molecule has 27 heavy (non-hydrogen) atoms. The minimum Gasteiger partial charge on any atom is -0.488 e. The van der Waals surface area contributed by atoms with Crippen LogP contribution in [-0.2, 0) is 11.8 Å². The Bertz CT molecular complexity index is 998. The molecule has 0 unspecified atom stereocenters. The molecule has 3 heterocycles. The molecule has 0 amide bonds. The number of ether oxygens (including phenoxy) is 3. The Morgan fingerprint density at radius 2 is 1.96 bits per heavy atom. The topological polar surface area (TPSA) is 67.0 Å². The van der Waals surface area contributed by atoms with Crippen molar-refractivity contribution in [3.05, 3.63) is 52.8 Å². The predicted octanol–water partition coefficient (Wildman–Crippen LogP) is 3.12. The largest absolute Gasteiger partial charge is 0.488 e. The van der Waals surface area contributed by atoms with Crippen LogP contribution in [0.15, 0.2) is 41.5 Å². The fourth-order valence-corrected chi connectivity index (χ4v) is 3.17. The molecule has 2 aromatic heterocycles. The Kier molecular flexibility index (Phi) is 4.61. The van der Waals surface area contributed by atoms with E-state index in [4.69, 9.17) is 14.2 Å². The van der Waals surface area contributed by atoms with Gasteiger partial charge >= 0.3 is 0 Å². The average Bonchev–Trinajstić information content (AvgIpc) is 3.30. The van der Waals surface area contributed by atoms with Crippen LogP contribution in [0.25, 0.3) is 5.52 Å². The van der Waals surface area contributed by atoms with E-state index in [1.807, 2.05) is 38.1 Å². The third kappa shape index (κ3) is 3.42. The molecule has 0 saturated carbocycles. The first-order valence-electron chi connectivity index (χ1n) is 9.12. The molecule has 1 aliphatic rings. The highest BCUT2D eigenvalue weighted by Gasteiger charge is 2.17. The summed E-state index contributed by atoms with van der Waals surface area (Å²) in [5.74, 6) is 2.88. The SMILES string of the molecule is CC(C)c1ncc2c(=O)n(C)c(Oc3ccc(O[C@H]4CCOC4)cc3)cn12. The molecule has 1 aliphatic heterocycles. The summed E-state index contributed by atoms with van der Waals surface area (Å²) in [5, 5.41) is 0. The van der Waals surface area contributed by atoms with Crippen LogP contribution in [0.2, 0.25) is 0 Å². The number of hydrogen-bond donors (Lipinski definition) is 0. The second-order valence-electron chi connectivity index (χ2n) is 7.03. The van der Waals surface area contributed by atoms with Crippen molar-refractivity contribution in [1.29, 1.82) is 0 Å². The van der Waals surface area contributed by atoms with Crippen LogP contribution in [0.5, 0.6) is 17.4 Å². The first-order valence-corrected chi connectivity index (χ1v) is 9.12. The van der Waals surface area contributed by atoms with E-state index in [-0.39, 0.29) is 17.6 Å². The molecule has 142 valence electrons. The highest BCUT2D eigenvalue weighted by atomic mass is 16.5. The summed E-state index contributed by atoms with van der Waals surface area (Å²) in [7, 11) is 1.69. The number of hydrogen-bond acceptors (Lipinski definition) is 5. The summed E-state index contributed by atoms with van der Waals surface area (Å²) in [6.07, 6.45) is 4.43. The van der Waals surface area contributed by atoms with Gasteiger partial charge in [0.2, 0.25) is 5.88 Å². The van der Waals surface area contributed by atoms with E-state index in [1.54, 1.807) is 23.8 Å². The number of rotatable bonds is 5. The van der Waals surface area contributed by atoms with Crippen molar-refractivity contribution >= 4 is 5.52 Å². The lowest BCUT2D eigenvalue weighted by Crippen LogP contribution is -2.20. The third-order valence-corrected chi connectivity index (χ3v) is 4.67. The zero-order valence-corrected chi connectivity index (χ0v) is 15.7. The van der Waals surface area contributed by atoms with Gasteiger partial charge in [0.15, 0.2) is 0 Å². The van der Waals surface area contributed by atoms with Gasteiger partial charge in [0.25, 0.3) is 5.56 Å². The lowest BCUT2D eigenvalue weighted by molar-refractivity contribution is 0.141. The number of aromatic nitrogens is 3. The highest BCUT2D eigenvalue weighted by Crippen LogP contribution is 2.25. The molecule has 0 spiro atoms. The normalized spacial score (nSPS) is 17.0. The first kappa shape index (κ1) is 17.6. The third-order valence-electron chi connectivity index (χ3n) is 4.67. The van der Waals surface area contributed by atoms with Crippen molar-refractivity contribution < 1.29 is 14.2 Å². The van der Waals surface area contributed by atoms with Gasteiger partial charge in [-0.3, -0.25) is 13.8 Å². The number of fused-ring (bicyclic) bond motifs is 1. The lowest BCUT2D eigenvalue weighted by Gasteiger charge is -2.14. The molecule has 0 bridgehead atoms. The Hall–Kier alpha value is -2.80. The molecule has 1 fully saturated rings. The molecule has 0 aliphatic carbocycles. The van der Waals surface area contributed by atoms with E-state index in [0.717, 1.165) is 24.6 Å². The Morgan fingerprint density at radius 1 is 1.22 bits per heavy atom. The summed E-state index contributed by atoms with van der Waals surface area (Å²) in [5.41, 5.74) is 0.393. The quantitative estimate of drug-likeness (QED) is 0.691. The van der Waals surface area contributed by atoms with Crippen molar-refractivity contribution in [2.45, 2.75) is 32.3 Å². The summed E-state index contributed by atoms with van der Waals surface area (Å²) < 4.78 is 20.4. The van der Waals surface area contributed by atoms with Crippen LogP contribution < -0.4 is 15.0 Å². The summed E-state index contributed by atoms with van der Waals surface area (Å²) >= 11 is 0. The second kappa shape index (κ2) is 7.08. The van der Waals surface area contributed by atoms with E-state index in [0.29, 0.717) is 23.8 Å². The molecule has 0 N–H and O–H groups in total. The van der Waals surface area contributed by atoms with Crippen molar-refractivity contribution in [2.75, 3.05) is 13.2 Å². The molecule has 3 aromatic rings. The maximum Gasteiger partial charge on any atom is 0.279 e. The summed E-state index contributed by atoms with van der Waals surface area (Å²) in [6, 6.07) is 7.39. The van der Waals surface area contributed by atoms with Crippen molar-refractivity contribution in [3.63, 3.8) is 0 Å². The van der Waals surface area contributed by atoms with E-state index >= 15 is 0 Å². The van der Waals surface area contributed by atoms with E-state index in [1.165, 1.54) is 4.57 Å². The van der Waals surface area contributed by atoms with Gasteiger partial charge in [0.05, 0.1) is 25.6 Å². The zero-order chi connectivity index (χ0) is 19.0. The minimum absolute atomic E-state index is 0.107. The van der Waals surface area contributed by atoms with Crippen LogP contribution in [-0.4, -0.2) is 33.3 Å². The van der Waals surface area contributed by atoms with Crippen LogP contribution in [0, 0.1) is 0 Å². The van der Waals surface area contributed by atoms with Gasteiger partial charge in [-0.05, 0) is 24.3 Å². The van der Waals surface area contributed by atoms with Crippen molar-refractivity contribution in [1.82, 2.24) is 14.0 Å². The van der Waals surface area contributed by atoms with Gasteiger partial charge in [0.1, 0.15) is 28.9 Å². The number of nitrogens with zero attached hydrogens (tertiary/aromatic N) is 3. The van der Waals surface area contributed by atoms with Gasteiger partial charge in [-0.15, -0.1) is 0 Å².